The maximum Gasteiger partial charge on any atom is 0.0897 e. The maximum absolute atomic E-state index is 10.3. The molecule has 0 aromatic carbocycles. The Balaban J connectivity index is 1.24. The lowest BCUT2D eigenvalue weighted by molar-refractivity contribution is 0.0207. The zero-order valence-electron chi connectivity index (χ0n) is 28.9. The molecule has 6 aliphatic rings. The molecule has 6 rings (SSSR count). The number of fused-ring (bicyclic) bond motifs is 6. The number of aliphatic hydroxyl groups is 6. The van der Waals surface area contributed by atoms with Gasteiger partial charge < -0.3 is 36.0 Å². The van der Waals surface area contributed by atoms with Gasteiger partial charge in [0.05, 0.1) is 38.1 Å². The van der Waals surface area contributed by atoms with E-state index in [1.54, 1.807) is 0 Å². The molecule has 46 heavy (non-hydrogen) atoms. The second kappa shape index (κ2) is 21.0. The smallest absolute Gasteiger partial charge is 0.0897 e. The van der Waals surface area contributed by atoms with E-state index in [0.29, 0.717) is 25.7 Å². The van der Waals surface area contributed by atoms with Crippen molar-refractivity contribution in [3.63, 3.8) is 0 Å². The number of rotatable bonds is 25. The van der Waals surface area contributed by atoms with Crippen molar-refractivity contribution in [3.8, 4) is 0 Å². The third-order valence-corrected chi connectivity index (χ3v) is 12.5. The molecular formula is C37H71N3O6. The van der Waals surface area contributed by atoms with Crippen LogP contribution in [0.4, 0.5) is 0 Å². The monoisotopic (exact) mass is 654 g/mol. The quantitative estimate of drug-likeness (QED) is 0.0793. The molecular weight excluding hydrogens is 582 g/mol. The minimum absolute atomic E-state index is 0.223. The molecule has 0 aromatic heterocycles. The number of nitrogens with one attached hydrogen (secondary N) is 1. The van der Waals surface area contributed by atoms with Gasteiger partial charge in [-0.05, 0) is 106 Å². The van der Waals surface area contributed by atoms with Gasteiger partial charge in [0.25, 0.3) is 0 Å². The Labute approximate surface area is 280 Å². The van der Waals surface area contributed by atoms with Gasteiger partial charge in [-0.1, -0.05) is 51.4 Å². The Bertz CT molecular complexity index is 745. The highest BCUT2D eigenvalue weighted by molar-refractivity contribution is 4.88. The van der Waals surface area contributed by atoms with Gasteiger partial charge in [-0.2, -0.15) is 0 Å². The summed E-state index contributed by atoms with van der Waals surface area (Å²) in [7, 11) is 0. The minimum Gasteiger partial charge on any atom is -0.394 e. The van der Waals surface area contributed by atoms with E-state index in [4.69, 9.17) is 0 Å². The average molecular weight is 654 g/mol. The van der Waals surface area contributed by atoms with E-state index < -0.39 is 18.3 Å². The maximum atomic E-state index is 10.3. The van der Waals surface area contributed by atoms with Gasteiger partial charge in [0.15, 0.2) is 0 Å². The lowest BCUT2D eigenvalue weighted by Gasteiger charge is -2.43. The first-order valence-corrected chi connectivity index (χ1v) is 19.4. The van der Waals surface area contributed by atoms with E-state index in [0.717, 1.165) is 55.0 Å². The second-order valence-corrected chi connectivity index (χ2v) is 16.0. The summed E-state index contributed by atoms with van der Waals surface area (Å²) >= 11 is 0. The van der Waals surface area contributed by atoms with Crippen molar-refractivity contribution >= 4 is 0 Å². The molecule has 6 saturated carbocycles. The number of nitrogens with zero attached hydrogens (tertiary/aromatic N) is 2. The summed E-state index contributed by atoms with van der Waals surface area (Å²) in [6.07, 6.45) is 20.8. The van der Waals surface area contributed by atoms with Crippen molar-refractivity contribution in [1.82, 2.24) is 15.1 Å². The van der Waals surface area contributed by atoms with Crippen molar-refractivity contribution in [2.45, 2.75) is 134 Å². The van der Waals surface area contributed by atoms with Gasteiger partial charge in [-0.3, -0.25) is 9.80 Å². The van der Waals surface area contributed by atoms with Gasteiger partial charge in [0.1, 0.15) is 0 Å². The summed E-state index contributed by atoms with van der Waals surface area (Å²) in [6, 6.07) is 0.529. The molecule has 270 valence electrons. The normalized spacial score (nSPS) is 30.3. The fourth-order valence-corrected chi connectivity index (χ4v) is 9.90. The summed E-state index contributed by atoms with van der Waals surface area (Å²) < 4.78 is 0. The van der Waals surface area contributed by atoms with E-state index in [1.807, 2.05) is 4.90 Å². The minimum atomic E-state index is -0.902. The van der Waals surface area contributed by atoms with Crippen LogP contribution in [0.3, 0.4) is 0 Å². The van der Waals surface area contributed by atoms with Crippen LogP contribution in [0, 0.1) is 35.5 Å². The van der Waals surface area contributed by atoms with E-state index in [2.05, 4.69) is 10.2 Å². The predicted molar refractivity (Wildman–Crippen MR) is 183 cm³/mol. The third-order valence-electron chi connectivity index (χ3n) is 12.5. The molecule has 0 aliphatic heterocycles. The molecule has 0 radical (unpaired) electrons. The molecule has 7 N–H and O–H groups in total. The van der Waals surface area contributed by atoms with Gasteiger partial charge >= 0.3 is 0 Å². The van der Waals surface area contributed by atoms with E-state index in [-0.39, 0.29) is 32.9 Å². The second-order valence-electron chi connectivity index (χ2n) is 16.0. The van der Waals surface area contributed by atoms with Gasteiger partial charge in [0, 0.05) is 38.8 Å². The topological polar surface area (TPSA) is 140 Å². The first-order chi connectivity index (χ1) is 22.4. The first kappa shape index (κ1) is 38.4. The zero-order valence-corrected chi connectivity index (χ0v) is 28.9. The summed E-state index contributed by atoms with van der Waals surface area (Å²) in [5.41, 5.74) is 0. The lowest BCUT2D eigenvalue weighted by atomic mass is 9.63. The van der Waals surface area contributed by atoms with Crippen LogP contribution < -0.4 is 5.32 Å². The molecule has 0 aromatic rings. The molecule has 6 fully saturated rings. The van der Waals surface area contributed by atoms with Crippen LogP contribution in [0.5, 0.6) is 0 Å². The molecule has 0 saturated heterocycles. The highest BCUT2D eigenvalue weighted by atomic mass is 16.3. The Morgan fingerprint density at radius 2 is 0.978 bits per heavy atom. The highest BCUT2D eigenvalue weighted by Crippen LogP contribution is 2.48. The van der Waals surface area contributed by atoms with Gasteiger partial charge in [0.2, 0.25) is 0 Å². The van der Waals surface area contributed by atoms with Gasteiger partial charge in [-0.25, -0.2) is 0 Å². The summed E-state index contributed by atoms with van der Waals surface area (Å²) in [5, 5.41) is 62.2. The van der Waals surface area contributed by atoms with Crippen molar-refractivity contribution in [2.24, 2.45) is 35.5 Å². The van der Waals surface area contributed by atoms with Crippen LogP contribution in [-0.2, 0) is 0 Å². The molecule has 6 aliphatic carbocycles. The van der Waals surface area contributed by atoms with Gasteiger partial charge in [-0.15, -0.1) is 0 Å². The van der Waals surface area contributed by atoms with Crippen LogP contribution in [0.1, 0.15) is 109 Å². The summed E-state index contributed by atoms with van der Waals surface area (Å²) in [5.74, 6) is 5.89. The molecule has 0 heterocycles. The van der Waals surface area contributed by atoms with Crippen LogP contribution in [0.15, 0.2) is 0 Å². The Hall–Kier alpha value is -0.360. The summed E-state index contributed by atoms with van der Waals surface area (Å²) in [6.45, 7) is 2.80. The van der Waals surface area contributed by atoms with E-state index >= 15 is 0 Å². The highest BCUT2D eigenvalue weighted by Gasteiger charge is 2.36. The van der Waals surface area contributed by atoms with E-state index in [9.17, 15) is 30.6 Å². The van der Waals surface area contributed by atoms with Crippen molar-refractivity contribution in [3.05, 3.63) is 0 Å². The molecule has 9 nitrogen and oxygen atoms in total. The van der Waals surface area contributed by atoms with Crippen LogP contribution in [0.2, 0.25) is 0 Å². The van der Waals surface area contributed by atoms with Crippen molar-refractivity contribution in [1.29, 1.82) is 0 Å². The molecule has 9 heteroatoms. The fraction of sp³-hybridized carbons (Fsp3) is 1.00. The standard InChI is InChI=1S/C37H71N3O6/c41-25-35(44)22-39(17-3-18-40(23-36(45)26-42)24-37(46)27-43)19-16-38-34(6-1-4-32-20-28-8-12-30(32)13-9-28)7-2-5-33-21-29-10-14-31(33)15-11-29/h28-38,41-46H,1-27H2. The van der Waals surface area contributed by atoms with Crippen LogP contribution in [0.25, 0.3) is 0 Å². The predicted octanol–water partition coefficient (Wildman–Crippen LogP) is 2.99. The number of hydrogen-bond donors (Lipinski definition) is 7. The van der Waals surface area contributed by atoms with Crippen molar-refractivity contribution in [2.75, 3.05) is 65.6 Å². The molecule has 0 spiro atoms. The SMILES string of the molecule is OCC(O)CN(CCCN(CC(O)CO)CC(O)CO)CCNC(CCCC1CC2CCC1CC2)CCCC1CC2CCC1CC2. The van der Waals surface area contributed by atoms with Crippen molar-refractivity contribution < 1.29 is 30.6 Å². The summed E-state index contributed by atoms with van der Waals surface area (Å²) in [4.78, 5) is 4.07. The Morgan fingerprint density at radius 1 is 0.543 bits per heavy atom. The molecule has 5 atom stereocenters. The lowest BCUT2D eigenvalue weighted by Crippen LogP contribution is -2.44. The molecule has 4 bridgehead atoms. The average Bonchev–Trinajstić information content (AvgIpc) is 3.08. The largest absolute Gasteiger partial charge is 0.394 e. The number of aliphatic hydroxyl groups excluding tert-OH is 6. The Morgan fingerprint density at radius 3 is 1.39 bits per heavy atom. The number of hydrogen-bond acceptors (Lipinski definition) is 9. The fourth-order valence-electron chi connectivity index (χ4n) is 9.90. The first-order valence-electron chi connectivity index (χ1n) is 19.4. The van der Waals surface area contributed by atoms with E-state index in [1.165, 1.54) is 103 Å². The third kappa shape index (κ3) is 13.2. The van der Waals surface area contributed by atoms with Crippen LogP contribution in [-0.4, -0.2) is 130 Å². The zero-order chi connectivity index (χ0) is 32.7. The molecule has 5 unspecified atom stereocenters. The Kier molecular flexibility index (Phi) is 17.5. The van der Waals surface area contributed by atoms with Crippen LogP contribution >= 0.6 is 0 Å². The molecule has 0 amide bonds.